The fourth-order valence-electron chi connectivity index (χ4n) is 0.169. The zero-order valence-electron chi connectivity index (χ0n) is 3.79. The lowest BCUT2D eigenvalue weighted by molar-refractivity contribution is 0.186. The Morgan fingerprint density at radius 3 is 2.71 bits per heavy atom. The number of aliphatic hydroxyl groups excluding tert-OH is 1. The largest absolute Gasteiger partial charge is 0.378 e. The van der Waals surface area contributed by atoms with Gasteiger partial charge in [-0.15, -0.1) is 0 Å². The van der Waals surface area contributed by atoms with E-state index in [-0.39, 0.29) is 0 Å². The molecular formula is C3H8N2OS. The van der Waals surface area contributed by atoms with Gasteiger partial charge in [0.2, 0.25) is 0 Å². The van der Waals surface area contributed by atoms with E-state index < -0.39 is 6.23 Å². The maximum atomic E-state index is 8.33. The molecule has 0 aliphatic carbocycles. The van der Waals surface area contributed by atoms with Crippen LogP contribution in [0.5, 0.6) is 0 Å². The Kier molecular flexibility index (Phi) is 3.87. The molecule has 0 bridgehead atoms. The highest BCUT2D eigenvalue weighted by Gasteiger charge is 1.87. The third-order valence-electron chi connectivity index (χ3n) is 0.410. The van der Waals surface area contributed by atoms with Crippen LogP contribution in [0.3, 0.4) is 0 Å². The van der Waals surface area contributed by atoms with Crippen molar-refractivity contribution in [2.45, 2.75) is 6.23 Å². The number of nitrogens with one attached hydrogen (secondary N) is 1. The van der Waals surface area contributed by atoms with Gasteiger partial charge >= 0.3 is 0 Å². The van der Waals surface area contributed by atoms with E-state index in [1.54, 1.807) is 0 Å². The molecule has 7 heavy (non-hydrogen) atoms. The van der Waals surface area contributed by atoms with Gasteiger partial charge in [0.05, 0.1) is 12.0 Å². The van der Waals surface area contributed by atoms with Gasteiger partial charge in [0, 0.05) is 0 Å². The molecule has 0 aliphatic rings. The minimum absolute atomic E-state index is 0.323. The molecule has 4 heteroatoms. The molecular weight excluding hydrogens is 112 g/mol. The second-order valence-electron chi connectivity index (χ2n) is 1.09. The summed E-state index contributed by atoms with van der Waals surface area (Å²) in [6.45, 7) is 0.323. The van der Waals surface area contributed by atoms with Crippen LogP contribution < -0.4 is 11.1 Å². The first-order chi connectivity index (χ1) is 3.27. The van der Waals surface area contributed by atoms with Gasteiger partial charge in [0.15, 0.2) is 0 Å². The molecule has 0 heterocycles. The highest BCUT2D eigenvalue weighted by molar-refractivity contribution is 7.78. The number of thiocarbonyl (C=S) groups is 1. The molecule has 0 aromatic carbocycles. The van der Waals surface area contributed by atoms with Crippen molar-refractivity contribution >= 4 is 17.7 Å². The van der Waals surface area contributed by atoms with Crippen LogP contribution in [-0.4, -0.2) is 23.4 Å². The lowest BCUT2D eigenvalue weighted by Gasteiger charge is -1.99. The van der Waals surface area contributed by atoms with E-state index in [0.29, 0.717) is 6.54 Å². The Hall–Kier alpha value is -0.190. The molecule has 0 aromatic rings. The van der Waals surface area contributed by atoms with Crippen LogP contribution in [0.1, 0.15) is 0 Å². The van der Waals surface area contributed by atoms with Gasteiger partial charge < -0.3 is 16.2 Å². The summed E-state index contributed by atoms with van der Waals surface area (Å²) in [5.74, 6) is 0. The molecule has 0 spiro atoms. The highest BCUT2D eigenvalue weighted by atomic mass is 32.1. The van der Waals surface area contributed by atoms with Crippen LogP contribution in [0.15, 0.2) is 0 Å². The van der Waals surface area contributed by atoms with E-state index in [9.17, 15) is 0 Å². The lowest BCUT2D eigenvalue weighted by atomic mass is 10.6. The van der Waals surface area contributed by atoms with Crippen LogP contribution >= 0.6 is 12.2 Å². The SMILES string of the molecule is NC(O)CNC=S. The molecule has 0 amide bonds. The summed E-state index contributed by atoms with van der Waals surface area (Å²) < 4.78 is 0. The van der Waals surface area contributed by atoms with Crippen molar-refractivity contribution in [3.63, 3.8) is 0 Å². The Bertz CT molecular complexity index is 56.9. The first-order valence-corrected chi connectivity index (χ1v) is 2.35. The monoisotopic (exact) mass is 120 g/mol. The highest BCUT2D eigenvalue weighted by Crippen LogP contribution is 1.59. The number of aliphatic hydroxyl groups is 1. The summed E-state index contributed by atoms with van der Waals surface area (Å²) >= 11 is 4.37. The lowest BCUT2D eigenvalue weighted by Crippen LogP contribution is -2.32. The summed E-state index contributed by atoms with van der Waals surface area (Å²) in [7, 11) is 0. The Morgan fingerprint density at radius 1 is 2.00 bits per heavy atom. The minimum atomic E-state index is -0.806. The van der Waals surface area contributed by atoms with Gasteiger partial charge in [-0.1, -0.05) is 12.2 Å². The van der Waals surface area contributed by atoms with Gasteiger partial charge in [0.25, 0.3) is 0 Å². The van der Waals surface area contributed by atoms with Crippen molar-refractivity contribution in [1.82, 2.24) is 5.32 Å². The van der Waals surface area contributed by atoms with Crippen molar-refractivity contribution in [2.24, 2.45) is 5.73 Å². The van der Waals surface area contributed by atoms with E-state index in [1.807, 2.05) is 0 Å². The van der Waals surface area contributed by atoms with Gasteiger partial charge in [-0.05, 0) is 0 Å². The normalized spacial score (nSPS) is 12.9. The third-order valence-corrected chi connectivity index (χ3v) is 0.577. The molecule has 0 fully saturated rings. The molecule has 0 aliphatic heterocycles. The van der Waals surface area contributed by atoms with E-state index >= 15 is 0 Å². The van der Waals surface area contributed by atoms with Gasteiger partial charge in [0.1, 0.15) is 6.23 Å². The van der Waals surface area contributed by atoms with Crippen molar-refractivity contribution in [1.29, 1.82) is 0 Å². The van der Waals surface area contributed by atoms with Crippen molar-refractivity contribution < 1.29 is 5.11 Å². The summed E-state index contributed by atoms with van der Waals surface area (Å²) in [5, 5.41) is 10.9. The first kappa shape index (κ1) is 6.81. The molecule has 0 radical (unpaired) electrons. The van der Waals surface area contributed by atoms with Gasteiger partial charge in [-0.2, -0.15) is 0 Å². The zero-order chi connectivity index (χ0) is 5.70. The maximum Gasteiger partial charge on any atom is 0.119 e. The van der Waals surface area contributed by atoms with E-state index in [4.69, 9.17) is 10.8 Å². The first-order valence-electron chi connectivity index (χ1n) is 1.88. The quantitative estimate of drug-likeness (QED) is 0.324. The number of rotatable bonds is 3. The summed E-state index contributed by atoms with van der Waals surface area (Å²) in [6, 6.07) is 0. The van der Waals surface area contributed by atoms with E-state index in [0.717, 1.165) is 0 Å². The summed E-state index contributed by atoms with van der Waals surface area (Å²) in [5.41, 5.74) is 6.22. The molecule has 1 unspecified atom stereocenters. The smallest absolute Gasteiger partial charge is 0.119 e. The fraction of sp³-hybridized carbons (Fsp3) is 0.667. The third kappa shape index (κ3) is 5.81. The molecule has 0 saturated carbocycles. The maximum absolute atomic E-state index is 8.33. The standard InChI is InChI=1S/C3H8N2OS/c4-3(6)1-5-2-7/h2-3,6H,1,4H2,(H,5,7). The van der Waals surface area contributed by atoms with Crippen molar-refractivity contribution in [3.05, 3.63) is 0 Å². The van der Waals surface area contributed by atoms with Crippen LogP contribution in [0.25, 0.3) is 0 Å². The predicted octanol–water partition coefficient (Wildman–Crippen LogP) is -1.19. The zero-order valence-corrected chi connectivity index (χ0v) is 4.61. The summed E-state index contributed by atoms with van der Waals surface area (Å²) in [4.78, 5) is 0. The van der Waals surface area contributed by atoms with Crippen molar-refractivity contribution in [2.75, 3.05) is 6.54 Å². The average Bonchev–Trinajstić information content (AvgIpc) is 1.61. The van der Waals surface area contributed by atoms with Crippen molar-refractivity contribution in [3.8, 4) is 0 Å². The van der Waals surface area contributed by atoms with Crippen LogP contribution in [0, 0.1) is 0 Å². The average molecular weight is 120 g/mol. The fourth-order valence-corrected chi connectivity index (χ4v) is 0.265. The van der Waals surface area contributed by atoms with Crippen LogP contribution in [0.2, 0.25) is 0 Å². The molecule has 42 valence electrons. The topological polar surface area (TPSA) is 58.3 Å². The number of hydrogen-bond donors (Lipinski definition) is 3. The number of hydrogen-bond acceptors (Lipinski definition) is 3. The Morgan fingerprint density at radius 2 is 2.57 bits per heavy atom. The predicted molar refractivity (Wildman–Crippen MR) is 31.9 cm³/mol. The van der Waals surface area contributed by atoms with E-state index in [2.05, 4.69) is 17.5 Å². The minimum Gasteiger partial charge on any atom is -0.378 e. The Balaban J connectivity index is 2.81. The molecule has 0 rings (SSSR count). The molecule has 3 nitrogen and oxygen atoms in total. The molecule has 0 saturated heterocycles. The molecule has 4 N–H and O–H groups in total. The van der Waals surface area contributed by atoms with Crippen LogP contribution in [0.4, 0.5) is 0 Å². The van der Waals surface area contributed by atoms with Crippen LogP contribution in [-0.2, 0) is 0 Å². The van der Waals surface area contributed by atoms with Gasteiger partial charge in [-0.3, -0.25) is 0 Å². The second-order valence-corrected chi connectivity index (χ2v) is 1.33. The molecule has 1 atom stereocenters. The second kappa shape index (κ2) is 3.98. The summed E-state index contributed by atoms with van der Waals surface area (Å²) in [6.07, 6.45) is -0.806. The molecule has 0 aromatic heterocycles. The van der Waals surface area contributed by atoms with E-state index in [1.165, 1.54) is 5.49 Å². The van der Waals surface area contributed by atoms with Gasteiger partial charge in [-0.25, -0.2) is 0 Å². The number of nitrogens with two attached hydrogens (primary N) is 1. The Labute approximate surface area is 47.5 Å².